The molecule has 1 aromatic carbocycles. The smallest absolute Gasteiger partial charge is 0.254 e. The molecule has 0 spiro atoms. The highest BCUT2D eigenvalue weighted by atomic mass is 16.7. The molecule has 1 aliphatic carbocycles. The van der Waals surface area contributed by atoms with Gasteiger partial charge in [-0.05, 0) is 42.9 Å². The lowest BCUT2D eigenvalue weighted by Gasteiger charge is -2.38. The molecule has 1 unspecified atom stereocenters. The van der Waals surface area contributed by atoms with E-state index in [0.717, 1.165) is 5.56 Å². The molecule has 2 aliphatic rings. The lowest BCUT2D eigenvalue weighted by molar-refractivity contribution is -0.123. The Hall–Kier alpha value is -2.60. The summed E-state index contributed by atoms with van der Waals surface area (Å²) in [5.41, 5.74) is 0.859. The first-order valence-corrected chi connectivity index (χ1v) is 9.47. The van der Waals surface area contributed by atoms with Crippen LogP contribution in [0.15, 0.2) is 42.7 Å². The van der Waals surface area contributed by atoms with Crippen molar-refractivity contribution in [1.29, 1.82) is 0 Å². The summed E-state index contributed by atoms with van der Waals surface area (Å²) in [4.78, 5) is 24.5. The minimum Gasteiger partial charge on any atom is -0.496 e. The van der Waals surface area contributed by atoms with Crippen LogP contribution in [0.1, 0.15) is 35.7 Å². The molecule has 0 saturated carbocycles. The van der Waals surface area contributed by atoms with Gasteiger partial charge in [0.25, 0.3) is 5.91 Å². The molecule has 0 bridgehead atoms. The molecule has 3 rings (SSSR count). The average molecular weight is 385 g/mol. The van der Waals surface area contributed by atoms with Crippen LogP contribution in [0.25, 0.3) is 0 Å². The minimum atomic E-state index is -0.630. The quantitative estimate of drug-likeness (QED) is 0.731. The Morgan fingerprint density at radius 2 is 2.29 bits per heavy atom. The number of ketones is 1. The Labute approximate surface area is 165 Å². The molecule has 1 aromatic rings. The van der Waals surface area contributed by atoms with Crippen molar-refractivity contribution in [3.8, 4) is 5.75 Å². The predicted octanol–water partition coefficient (Wildman–Crippen LogP) is 3.03. The van der Waals surface area contributed by atoms with Crippen molar-refractivity contribution in [1.82, 2.24) is 5.32 Å². The van der Waals surface area contributed by atoms with Crippen LogP contribution in [0, 0.1) is 11.8 Å². The SMILES string of the molecule is C=CC[C@H]1C[C@]2(C(C)Cc3ccc(OC)c(C(=O)NC)c3)OCOC2=CC1=O. The second-order valence-corrected chi connectivity index (χ2v) is 7.35. The van der Waals surface area contributed by atoms with Crippen molar-refractivity contribution in [2.45, 2.75) is 31.8 Å². The zero-order chi connectivity index (χ0) is 20.3. The normalized spacial score (nSPS) is 24.6. The maximum Gasteiger partial charge on any atom is 0.254 e. The van der Waals surface area contributed by atoms with Gasteiger partial charge in [0.15, 0.2) is 12.6 Å². The highest BCUT2D eigenvalue weighted by molar-refractivity contribution is 5.97. The number of amides is 1. The third-order valence-corrected chi connectivity index (χ3v) is 5.70. The van der Waals surface area contributed by atoms with E-state index in [0.29, 0.717) is 36.3 Å². The number of hydrogen-bond acceptors (Lipinski definition) is 5. The zero-order valence-corrected chi connectivity index (χ0v) is 16.6. The van der Waals surface area contributed by atoms with Gasteiger partial charge in [-0.15, -0.1) is 6.58 Å². The van der Waals surface area contributed by atoms with Crippen molar-refractivity contribution in [3.63, 3.8) is 0 Å². The summed E-state index contributed by atoms with van der Waals surface area (Å²) >= 11 is 0. The van der Waals surface area contributed by atoms with Crippen molar-refractivity contribution in [2.75, 3.05) is 21.0 Å². The van der Waals surface area contributed by atoms with Gasteiger partial charge in [0.05, 0.1) is 12.7 Å². The van der Waals surface area contributed by atoms with Gasteiger partial charge in [0.1, 0.15) is 17.1 Å². The first-order chi connectivity index (χ1) is 13.4. The van der Waals surface area contributed by atoms with Crippen LogP contribution in [-0.2, 0) is 20.7 Å². The summed E-state index contributed by atoms with van der Waals surface area (Å²) in [7, 11) is 3.14. The van der Waals surface area contributed by atoms with Gasteiger partial charge in [-0.2, -0.15) is 0 Å². The number of rotatable bonds is 7. The van der Waals surface area contributed by atoms with Crippen LogP contribution in [-0.4, -0.2) is 38.2 Å². The third-order valence-electron chi connectivity index (χ3n) is 5.70. The van der Waals surface area contributed by atoms with E-state index >= 15 is 0 Å². The Morgan fingerprint density at radius 1 is 1.50 bits per heavy atom. The van der Waals surface area contributed by atoms with Gasteiger partial charge in [0.2, 0.25) is 0 Å². The molecule has 6 heteroatoms. The number of fused-ring (bicyclic) bond motifs is 1. The van der Waals surface area contributed by atoms with Crippen LogP contribution < -0.4 is 10.1 Å². The lowest BCUT2D eigenvalue weighted by Crippen LogP contribution is -2.44. The first-order valence-electron chi connectivity index (χ1n) is 9.47. The number of nitrogens with one attached hydrogen (secondary N) is 1. The number of methoxy groups -OCH3 is 1. The molecular formula is C22H27NO5. The second-order valence-electron chi connectivity index (χ2n) is 7.35. The number of ether oxygens (including phenoxy) is 3. The van der Waals surface area contributed by atoms with Crippen LogP contribution in [0.2, 0.25) is 0 Å². The molecule has 1 amide bonds. The summed E-state index contributed by atoms with van der Waals surface area (Å²) < 4.78 is 17.0. The van der Waals surface area contributed by atoms with E-state index in [1.165, 1.54) is 0 Å². The lowest BCUT2D eigenvalue weighted by atomic mass is 9.71. The van der Waals surface area contributed by atoms with Gasteiger partial charge in [-0.3, -0.25) is 9.59 Å². The van der Waals surface area contributed by atoms with Crippen LogP contribution in [0.5, 0.6) is 5.75 Å². The molecule has 1 heterocycles. The predicted molar refractivity (Wildman–Crippen MR) is 105 cm³/mol. The summed E-state index contributed by atoms with van der Waals surface area (Å²) in [6, 6.07) is 5.60. The molecule has 0 radical (unpaired) electrons. The maximum atomic E-state index is 12.4. The molecule has 28 heavy (non-hydrogen) atoms. The summed E-state index contributed by atoms with van der Waals surface area (Å²) in [6.45, 7) is 6.01. The topological polar surface area (TPSA) is 73.9 Å². The van der Waals surface area contributed by atoms with Crippen molar-refractivity contribution in [2.24, 2.45) is 11.8 Å². The monoisotopic (exact) mass is 385 g/mol. The average Bonchev–Trinajstić information content (AvgIpc) is 3.11. The summed E-state index contributed by atoms with van der Waals surface area (Å²) in [5, 5.41) is 2.64. The van der Waals surface area contributed by atoms with Gasteiger partial charge in [-0.25, -0.2) is 0 Å². The fourth-order valence-corrected chi connectivity index (χ4v) is 4.13. The number of hydrogen-bond donors (Lipinski definition) is 1. The molecule has 1 saturated heterocycles. The van der Waals surface area contributed by atoms with E-state index in [1.807, 2.05) is 12.1 Å². The standard InChI is InChI=1S/C22H27NO5/c1-5-6-16-12-22(20(11-18(16)24)27-13-28-22)14(2)9-15-7-8-19(26-4)17(10-15)21(25)23-3/h5,7-8,10-11,14,16H,1,6,9,12-13H2,2-4H3,(H,23,25)/t14?,16-,22+/m0/s1. The van der Waals surface area contributed by atoms with Gasteiger partial charge < -0.3 is 19.5 Å². The van der Waals surface area contributed by atoms with Gasteiger partial charge in [0, 0.05) is 19.0 Å². The Kier molecular flexibility index (Phi) is 5.89. The fraction of sp³-hybridized carbons (Fsp3) is 0.455. The van der Waals surface area contributed by atoms with E-state index < -0.39 is 5.60 Å². The first kappa shape index (κ1) is 20.1. The molecule has 0 aromatic heterocycles. The van der Waals surface area contributed by atoms with Crippen LogP contribution >= 0.6 is 0 Å². The van der Waals surface area contributed by atoms with E-state index in [9.17, 15) is 9.59 Å². The van der Waals surface area contributed by atoms with Gasteiger partial charge in [-0.1, -0.05) is 19.1 Å². The molecule has 1 aliphatic heterocycles. The third kappa shape index (κ3) is 3.56. The molecule has 1 fully saturated rings. The van der Waals surface area contributed by atoms with Gasteiger partial charge >= 0.3 is 0 Å². The second kappa shape index (κ2) is 8.19. The molecule has 1 N–H and O–H groups in total. The van der Waals surface area contributed by atoms with E-state index in [-0.39, 0.29) is 30.3 Å². The maximum absolute atomic E-state index is 12.4. The number of carbonyl (C=O) groups excluding carboxylic acids is 2. The van der Waals surface area contributed by atoms with Crippen LogP contribution in [0.4, 0.5) is 0 Å². The number of carbonyl (C=O) groups is 2. The number of benzene rings is 1. The van der Waals surface area contributed by atoms with Crippen molar-refractivity contribution >= 4 is 11.7 Å². The molecule has 6 nitrogen and oxygen atoms in total. The largest absolute Gasteiger partial charge is 0.496 e. The van der Waals surface area contributed by atoms with Crippen molar-refractivity contribution in [3.05, 3.63) is 53.8 Å². The molecule has 150 valence electrons. The fourth-order valence-electron chi connectivity index (χ4n) is 4.13. The van der Waals surface area contributed by atoms with E-state index in [4.69, 9.17) is 14.2 Å². The highest BCUT2D eigenvalue weighted by Crippen LogP contribution is 2.46. The van der Waals surface area contributed by atoms with Crippen LogP contribution in [0.3, 0.4) is 0 Å². The Balaban J connectivity index is 1.88. The highest BCUT2D eigenvalue weighted by Gasteiger charge is 2.51. The molecular weight excluding hydrogens is 358 g/mol. The molecule has 3 atom stereocenters. The summed E-state index contributed by atoms with van der Waals surface area (Å²) in [6.07, 6.45) is 5.22. The minimum absolute atomic E-state index is 0.0487. The van der Waals surface area contributed by atoms with Crippen molar-refractivity contribution < 1.29 is 23.8 Å². The van der Waals surface area contributed by atoms with E-state index in [2.05, 4.69) is 18.8 Å². The van der Waals surface area contributed by atoms with E-state index in [1.54, 1.807) is 32.4 Å². The zero-order valence-electron chi connectivity index (χ0n) is 16.6. The number of allylic oxidation sites excluding steroid dienone is 2. The Bertz CT molecular complexity index is 815. The Morgan fingerprint density at radius 3 is 2.96 bits per heavy atom. The summed E-state index contributed by atoms with van der Waals surface area (Å²) in [5.74, 6) is 0.916.